The van der Waals surface area contributed by atoms with Gasteiger partial charge in [0.05, 0.1) is 22.9 Å². The van der Waals surface area contributed by atoms with E-state index in [1.165, 1.54) is 28.8 Å². The van der Waals surface area contributed by atoms with Gasteiger partial charge >= 0.3 is 6.18 Å². The van der Waals surface area contributed by atoms with Crippen molar-refractivity contribution in [3.63, 3.8) is 0 Å². The van der Waals surface area contributed by atoms with Gasteiger partial charge in [-0.3, -0.25) is 4.90 Å². The van der Waals surface area contributed by atoms with E-state index in [0.717, 1.165) is 24.5 Å². The van der Waals surface area contributed by atoms with Gasteiger partial charge in [0.25, 0.3) is 0 Å². The zero-order valence-corrected chi connectivity index (χ0v) is 22.5. The lowest BCUT2D eigenvalue weighted by Gasteiger charge is -2.31. The lowest BCUT2D eigenvalue weighted by atomic mass is 10.00. The number of halogens is 5. The molecular formula is C26H33ClF4N2O3S. The van der Waals surface area contributed by atoms with Gasteiger partial charge in [-0.2, -0.15) is 17.5 Å². The van der Waals surface area contributed by atoms with Crippen LogP contribution in [0.3, 0.4) is 0 Å². The molecule has 1 aliphatic rings. The van der Waals surface area contributed by atoms with E-state index >= 15 is 0 Å². The maximum Gasteiger partial charge on any atom is 0.417 e. The molecule has 5 nitrogen and oxygen atoms in total. The average Bonchev–Trinajstić information content (AvgIpc) is 2.82. The van der Waals surface area contributed by atoms with Crippen molar-refractivity contribution in [2.45, 2.75) is 50.9 Å². The molecular weight excluding hydrogens is 532 g/mol. The normalized spacial score (nSPS) is 18.3. The molecule has 0 saturated carbocycles. The Labute approximate surface area is 221 Å². The molecule has 0 spiro atoms. The van der Waals surface area contributed by atoms with Crippen molar-refractivity contribution in [3.8, 4) is 0 Å². The molecule has 1 aliphatic heterocycles. The van der Waals surface area contributed by atoms with Gasteiger partial charge in [0, 0.05) is 39.3 Å². The van der Waals surface area contributed by atoms with E-state index in [0.29, 0.717) is 44.8 Å². The van der Waals surface area contributed by atoms with E-state index in [1.54, 1.807) is 18.2 Å². The Morgan fingerprint density at radius 3 is 2.54 bits per heavy atom. The SMILES string of the molecule is CC(CN(CCCOC1CCCN(S(C)(=O)=O)C1)Cc1cccc(C(F)(F)F)c1Cl)c1ccc(F)cc1. The summed E-state index contributed by atoms with van der Waals surface area (Å²) in [5, 5.41) is -0.311. The Kier molecular flexibility index (Phi) is 10.4. The van der Waals surface area contributed by atoms with Crippen LogP contribution in [-0.4, -0.2) is 62.8 Å². The summed E-state index contributed by atoms with van der Waals surface area (Å²) in [6.07, 6.45) is -1.44. The van der Waals surface area contributed by atoms with Crippen molar-refractivity contribution in [2.24, 2.45) is 0 Å². The number of hydrogen-bond acceptors (Lipinski definition) is 4. The van der Waals surface area contributed by atoms with Crippen LogP contribution in [0.1, 0.15) is 48.8 Å². The van der Waals surface area contributed by atoms with Crippen LogP contribution in [0.15, 0.2) is 42.5 Å². The molecule has 0 amide bonds. The monoisotopic (exact) mass is 564 g/mol. The second-order valence-corrected chi connectivity index (χ2v) is 11.9. The van der Waals surface area contributed by atoms with Crippen LogP contribution in [0, 0.1) is 5.82 Å². The van der Waals surface area contributed by atoms with E-state index in [4.69, 9.17) is 16.3 Å². The zero-order chi connectivity index (χ0) is 27.2. The van der Waals surface area contributed by atoms with Gasteiger partial charge in [0.2, 0.25) is 10.0 Å². The fourth-order valence-corrected chi connectivity index (χ4v) is 5.75. The second kappa shape index (κ2) is 12.9. The number of hydrogen-bond donors (Lipinski definition) is 0. The van der Waals surface area contributed by atoms with Crippen molar-refractivity contribution >= 4 is 21.6 Å². The Hall–Kier alpha value is -1.72. The summed E-state index contributed by atoms with van der Waals surface area (Å²) in [6, 6.07) is 10.1. The molecule has 2 atom stereocenters. The molecule has 3 rings (SSSR count). The first-order chi connectivity index (χ1) is 17.3. The number of benzene rings is 2. The third-order valence-corrected chi connectivity index (χ3v) is 8.25. The van der Waals surface area contributed by atoms with Gasteiger partial charge in [0.1, 0.15) is 5.82 Å². The maximum atomic E-state index is 13.4. The molecule has 0 bridgehead atoms. The fraction of sp³-hybridized carbons (Fsp3) is 0.538. The summed E-state index contributed by atoms with van der Waals surface area (Å²) in [5.74, 6) is -0.342. The van der Waals surface area contributed by atoms with Crippen LogP contribution in [-0.2, 0) is 27.5 Å². The molecule has 1 fully saturated rings. The molecule has 11 heteroatoms. The van der Waals surface area contributed by atoms with Gasteiger partial charge in [-0.05, 0) is 54.5 Å². The fourth-order valence-electron chi connectivity index (χ4n) is 4.56. The maximum absolute atomic E-state index is 13.4. The first-order valence-electron chi connectivity index (χ1n) is 12.2. The highest BCUT2D eigenvalue weighted by atomic mass is 35.5. The Morgan fingerprint density at radius 2 is 1.89 bits per heavy atom. The molecule has 37 heavy (non-hydrogen) atoms. The lowest BCUT2D eigenvalue weighted by molar-refractivity contribution is -0.137. The van der Waals surface area contributed by atoms with Crippen LogP contribution >= 0.6 is 11.6 Å². The third kappa shape index (κ3) is 8.92. The van der Waals surface area contributed by atoms with Crippen LogP contribution in [0.4, 0.5) is 17.6 Å². The van der Waals surface area contributed by atoms with Gasteiger partial charge in [0.15, 0.2) is 0 Å². The van der Waals surface area contributed by atoms with E-state index in [1.807, 2.05) is 11.8 Å². The number of ether oxygens (including phenoxy) is 1. The minimum atomic E-state index is -4.55. The summed E-state index contributed by atoms with van der Waals surface area (Å²) in [5.41, 5.74) is 0.426. The van der Waals surface area contributed by atoms with Gasteiger partial charge < -0.3 is 4.74 Å². The van der Waals surface area contributed by atoms with Crippen LogP contribution in [0.2, 0.25) is 5.02 Å². The number of piperidine rings is 1. The Bertz CT molecular complexity index is 1130. The van der Waals surface area contributed by atoms with Crippen molar-refractivity contribution < 1.29 is 30.7 Å². The van der Waals surface area contributed by atoms with E-state index in [-0.39, 0.29) is 29.4 Å². The largest absolute Gasteiger partial charge is 0.417 e. The second-order valence-electron chi connectivity index (χ2n) is 9.57. The summed E-state index contributed by atoms with van der Waals surface area (Å²) >= 11 is 6.16. The van der Waals surface area contributed by atoms with Crippen molar-refractivity contribution in [3.05, 3.63) is 70.0 Å². The lowest BCUT2D eigenvalue weighted by Crippen LogP contribution is -2.42. The summed E-state index contributed by atoms with van der Waals surface area (Å²) < 4.78 is 84.5. The molecule has 2 aromatic carbocycles. The molecule has 0 N–H and O–H groups in total. The highest BCUT2D eigenvalue weighted by Crippen LogP contribution is 2.36. The molecule has 1 saturated heterocycles. The third-order valence-electron chi connectivity index (χ3n) is 6.53. The minimum absolute atomic E-state index is 0.00671. The average molecular weight is 565 g/mol. The van der Waals surface area contributed by atoms with Crippen LogP contribution in [0.25, 0.3) is 0 Å². The van der Waals surface area contributed by atoms with Crippen LogP contribution < -0.4 is 0 Å². The van der Waals surface area contributed by atoms with E-state index in [9.17, 15) is 26.0 Å². The number of alkyl halides is 3. The number of rotatable bonds is 11. The van der Waals surface area contributed by atoms with Crippen LogP contribution in [0.5, 0.6) is 0 Å². The zero-order valence-electron chi connectivity index (χ0n) is 21.0. The quantitative estimate of drug-likeness (QED) is 0.251. The summed E-state index contributed by atoms with van der Waals surface area (Å²) in [6.45, 7) is 4.44. The Morgan fingerprint density at radius 1 is 1.19 bits per heavy atom. The van der Waals surface area contributed by atoms with Crippen molar-refractivity contribution in [2.75, 3.05) is 39.0 Å². The highest BCUT2D eigenvalue weighted by Gasteiger charge is 2.34. The summed E-state index contributed by atoms with van der Waals surface area (Å²) in [7, 11) is -3.27. The molecule has 2 aromatic rings. The highest BCUT2D eigenvalue weighted by molar-refractivity contribution is 7.88. The number of nitrogens with zero attached hydrogens (tertiary/aromatic N) is 2. The van der Waals surface area contributed by atoms with Gasteiger partial charge in [-0.25, -0.2) is 12.8 Å². The first kappa shape index (κ1) is 29.8. The number of sulfonamides is 1. The predicted octanol–water partition coefficient (Wildman–Crippen LogP) is 5.93. The molecule has 0 aliphatic carbocycles. The standard InChI is InChI=1S/C26H33ClF4N2O3S/c1-19(20-9-11-22(28)12-10-20)16-32(17-21-6-3-8-24(25(21)27)26(29,30)31)13-5-15-36-23-7-4-14-33(18-23)37(2,34)35/h3,6,8-12,19,23H,4-5,7,13-18H2,1-2H3. The summed E-state index contributed by atoms with van der Waals surface area (Å²) in [4.78, 5) is 2.02. The first-order valence-corrected chi connectivity index (χ1v) is 14.5. The molecule has 0 radical (unpaired) electrons. The minimum Gasteiger partial charge on any atom is -0.377 e. The molecule has 206 valence electrons. The van der Waals surface area contributed by atoms with Gasteiger partial charge in [-0.1, -0.05) is 42.8 Å². The topological polar surface area (TPSA) is 49.9 Å². The smallest absolute Gasteiger partial charge is 0.377 e. The van der Waals surface area contributed by atoms with Gasteiger partial charge in [-0.15, -0.1) is 0 Å². The predicted molar refractivity (Wildman–Crippen MR) is 137 cm³/mol. The molecule has 0 aromatic heterocycles. The van der Waals surface area contributed by atoms with E-state index < -0.39 is 21.8 Å². The molecule has 2 unspecified atom stereocenters. The van der Waals surface area contributed by atoms with E-state index in [2.05, 4.69) is 0 Å². The van der Waals surface area contributed by atoms with Crippen molar-refractivity contribution in [1.82, 2.24) is 9.21 Å². The molecule has 1 heterocycles. The van der Waals surface area contributed by atoms with Crippen molar-refractivity contribution in [1.29, 1.82) is 0 Å². The Balaban J connectivity index is 1.66.